The number of hydrogen-bond acceptors (Lipinski definition) is 3. The molecule has 0 aliphatic heterocycles. The van der Waals surface area contributed by atoms with Crippen LogP contribution in [0.15, 0.2) is 36.2 Å². The molecule has 0 saturated heterocycles. The van der Waals surface area contributed by atoms with Gasteiger partial charge < -0.3 is 0 Å². The second-order valence-electron chi connectivity index (χ2n) is 4.25. The molecular formula is C12H17FN2S. The Morgan fingerprint density at radius 1 is 1.50 bits per heavy atom. The Labute approximate surface area is 101 Å². The van der Waals surface area contributed by atoms with Crippen LogP contribution in [0.1, 0.15) is 20.8 Å². The molecule has 0 unspecified atom stereocenters. The van der Waals surface area contributed by atoms with Gasteiger partial charge in [-0.2, -0.15) is 5.26 Å². The third-order valence-corrected chi connectivity index (χ3v) is 2.38. The van der Waals surface area contributed by atoms with Gasteiger partial charge in [-0.15, -0.1) is 0 Å². The highest BCUT2D eigenvalue weighted by Gasteiger charge is 2.11. The highest BCUT2D eigenvalue weighted by atomic mass is 32.2. The fourth-order valence-corrected chi connectivity index (χ4v) is 1.46. The first-order valence-corrected chi connectivity index (χ1v) is 5.63. The number of rotatable bonds is 5. The minimum Gasteiger partial charge on any atom is -0.259 e. The van der Waals surface area contributed by atoms with E-state index in [-0.39, 0.29) is 10.3 Å². The van der Waals surface area contributed by atoms with E-state index in [1.54, 1.807) is 0 Å². The van der Waals surface area contributed by atoms with Crippen molar-refractivity contribution >= 4 is 11.9 Å². The van der Waals surface area contributed by atoms with E-state index in [2.05, 4.69) is 17.9 Å². The molecule has 0 amide bonds. The maximum Gasteiger partial charge on any atom is 0.120 e. The third kappa shape index (κ3) is 7.27. The number of allylic oxidation sites excluding steroid dienone is 2. The largest absolute Gasteiger partial charge is 0.259 e. The van der Waals surface area contributed by atoms with Crippen molar-refractivity contribution in [3.8, 4) is 6.07 Å². The average molecular weight is 240 g/mol. The van der Waals surface area contributed by atoms with E-state index in [1.165, 1.54) is 18.0 Å². The fourth-order valence-electron chi connectivity index (χ4n) is 0.798. The summed E-state index contributed by atoms with van der Waals surface area (Å²) in [4.78, 5) is 0. The molecule has 2 nitrogen and oxygen atoms in total. The Balaban J connectivity index is 4.39. The van der Waals surface area contributed by atoms with Crippen LogP contribution >= 0.6 is 11.9 Å². The van der Waals surface area contributed by atoms with Gasteiger partial charge in [-0.05, 0) is 26.8 Å². The van der Waals surface area contributed by atoms with Gasteiger partial charge in [0.25, 0.3) is 0 Å². The molecule has 0 atom stereocenters. The van der Waals surface area contributed by atoms with E-state index in [4.69, 9.17) is 5.26 Å². The van der Waals surface area contributed by atoms with E-state index in [9.17, 15) is 4.39 Å². The molecular weight excluding hydrogens is 223 g/mol. The molecule has 0 aromatic rings. The Kier molecular flexibility index (Phi) is 6.09. The van der Waals surface area contributed by atoms with Crippen LogP contribution in [0.25, 0.3) is 0 Å². The highest BCUT2D eigenvalue weighted by Crippen LogP contribution is 2.20. The van der Waals surface area contributed by atoms with Gasteiger partial charge in [0.15, 0.2) is 0 Å². The first kappa shape index (κ1) is 14.9. The first-order valence-electron chi connectivity index (χ1n) is 4.81. The van der Waals surface area contributed by atoms with Gasteiger partial charge in [0, 0.05) is 22.4 Å². The lowest BCUT2D eigenvalue weighted by Crippen LogP contribution is -2.19. The quantitative estimate of drug-likeness (QED) is 0.454. The van der Waals surface area contributed by atoms with Crippen molar-refractivity contribution in [2.24, 2.45) is 0 Å². The zero-order valence-corrected chi connectivity index (χ0v) is 10.7. The number of nitriles is 1. The molecule has 4 heteroatoms. The van der Waals surface area contributed by atoms with Gasteiger partial charge in [-0.3, -0.25) is 4.72 Å². The zero-order valence-electron chi connectivity index (χ0n) is 9.93. The summed E-state index contributed by atoms with van der Waals surface area (Å²) < 4.78 is 16.1. The second-order valence-corrected chi connectivity index (χ2v) is 5.96. The predicted molar refractivity (Wildman–Crippen MR) is 68.4 cm³/mol. The van der Waals surface area contributed by atoms with Crippen molar-refractivity contribution < 1.29 is 4.39 Å². The summed E-state index contributed by atoms with van der Waals surface area (Å²) in [7, 11) is 0. The molecule has 0 heterocycles. The van der Waals surface area contributed by atoms with Crippen LogP contribution in [-0.4, -0.2) is 11.3 Å². The van der Waals surface area contributed by atoms with E-state index in [1.807, 2.05) is 26.8 Å². The molecule has 1 N–H and O–H groups in total. The summed E-state index contributed by atoms with van der Waals surface area (Å²) in [5.41, 5.74) is 0.569. The number of nitrogens with zero attached hydrogens (tertiary/aromatic N) is 1. The molecule has 88 valence electrons. The molecule has 0 bridgehead atoms. The van der Waals surface area contributed by atoms with Crippen LogP contribution in [-0.2, 0) is 0 Å². The molecule has 0 radical (unpaired) electrons. The summed E-state index contributed by atoms with van der Waals surface area (Å²) in [6.07, 6.45) is 1.40. The Hall–Kier alpha value is -1.05. The first-order chi connectivity index (χ1) is 7.26. The summed E-state index contributed by atoms with van der Waals surface area (Å²) in [5, 5.41) is 8.55. The second kappa shape index (κ2) is 6.51. The molecule has 0 aliphatic carbocycles. The molecule has 0 spiro atoms. The lowest BCUT2D eigenvalue weighted by Gasteiger charge is -2.18. The maximum atomic E-state index is 13.0. The van der Waals surface area contributed by atoms with Crippen molar-refractivity contribution in [1.29, 1.82) is 5.26 Å². The van der Waals surface area contributed by atoms with Gasteiger partial charge in [0.1, 0.15) is 5.83 Å². The number of hydrogen-bond donors (Lipinski definition) is 1. The van der Waals surface area contributed by atoms with E-state index in [0.29, 0.717) is 12.1 Å². The van der Waals surface area contributed by atoms with Gasteiger partial charge in [-0.25, -0.2) is 4.39 Å². The van der Waals surface area contributed by atoms with Crippen molar-refractivity contribution in [1.82, 2.24) is 4.72 Å². The molecule has 0 saturated carbocycles. The molecule has 0 aliphatic rings. The number of nitrogens with one attached hydrogen (secondary N) is 1. The van der Waals surface area contributed by atoms with Crippen LogP contribution in [0.4, 0.5) is 4.39 Å². The Morgan fingerprint density at radius 3 is 2.44 bits per heavy atom. The number of halogens is 1. The fraction of sp³-hybridized carbons (Fsp3) is 0.417. The Bertz CT molecular complexity index is 345. The standard InChI is InChI=1S/C12H17FN2S/c1-9(7-14)6-11(10(2)13)8-15-16-12(3,4)5/h6,15H,1-2,8H2,3-5H3/b11-6-. The summed E-state index contributed by atoms with van der Waals surface area (Å²) >= 11 is 1.50. The van der Waals surface area contributed by atoms with Crippen molar-refractivity contribution in [2.75, 3.05) is 6.54 Å². The SMILES string of the molecule is C=C(C#N)/C=C(/CNSC(C)(C)C)C(=C)F. The minimum absolute atomic E-state index is 0.0506. The topological polar surface area (TPSA) is 35.8 Å². The molecule has 16 heavy (non-hydrogen) atoms. The van der Waals surface area contributed by atoms with Gasteiger partial charge in [0.2, 0.25) is 0 Å². The lowest BCUT2D eigenvalue weighted by molar-refractivity contribution is 0.648. The van der Waals surface area contributed by atoms with Gasteiger partial charge in [-0.1, -0.05) is 25.1 Å². The van der Waals surface area contributed by atoms with Crippen molar-refractivity contribution in [3.63, 3.8) is 0 Å². The molecule has 0 fully saturated rings. The minimum atomic E-state index is -0.543. The van der Waals surface area contributed by atoms with E-state index < -0.39 is 5.83 Å². The summed E-state index contributed by atoms with van der Waals surface area (Å²) in [5.74, 6) is -0.543. The van der Waals surface area contributed by atoms with Crippen LogP contribution in [0.3, 0.4) is 0 Å². The zero-order chi connectivity index (χ0) is 12.8. The molecule has 0 rings (SSSR count). The van der Waals surface area contributed by atoms with Crippen LogP contribution in [0.2, 0.25) is 0 Å². The average Bonchev–Trinajstić information content (AvgIpc) is 2.13. The maximum absolute atomic E-state index is 13.0. The predicted octanol–water partition coefficient (Wildman–Crippen LogP) is 3.51. The monoisotopic (exact) mass is 240 g/mol. The summed E-state index contributed by atoms with van der Waals surface area (Å²) in [6, 6.07) is 1.84. The van der Waals surface area contributed by atoms with E-state index in [0.717, 1.165) is 0 Å². The van der Waals surface area contributed by atoms with Crippen molar-refractivity contribution in [2.45, 2.75) is 25.5 Å². The van der Waals surface area contributed by atoms with Gasteiger partial charge >= 0.3 is 0 Å². The Morgan fingerprint density at radius 2 is 2.06 bits per heavy atom. The smallest absolute Gasteiger partial charge is 0.120 e. The van der Waals surface area contributed by atoms with Crippen LogP contribution in [0.5, 0.6) is 0 Å². The van der Waals surface area contributed by atoms with Crippen molar-refractivity contribution in [3.05, 3.63) is 36.2 Å². The van der Waals surface area contributed by atoms with Gasteiger partial charge in [0.05, 0.1) is 6.07 Å². The summed E-state index contributed by atoms with van der Waals surface area (Å²) in [6.45, 7) is 13.2. The van der Waals surface area contributed by atoms with E-state index >= 15 is 0 Å². The van der Waals surface area contributed by atoms with Crippen LogP contribution in [0, 0.1) is 11.3 Å². The highest BCUT2D eigenvalue weighted by molar-refractivity contribution is 7.98. The molecule has 0 aromatic carbocycles. The normalized spacial score (nSPS) is 12.1. The third-order valence-electron chi connectivity index (χ3n) is 1.48. The lowest BCUT2D eigenvalue weighted by atomic mass is 10.2. The van der Waals surface area contributed by atoms with Crippen LogP contribution < -0.4 is 4.72 Å². The molecule has 0 aromatic heterocycles.